The van der Waals surface area contributed by atoms with Gasteiger partial charge in [-0.25, -0.2) is 0 Å². The van der Waals surface area contributed by atoms with E-state index in [-0.39, 0.29) is 40.4 Å². The summed E-state index contributed by atoms with van der Waals surface area (Å²) in [7, 11) is 0. The summed E-state index contributed by atoms with van der Waals surface area (Å²) in [5, 5.41) is 0. The van der Waals surface area contributed by atoms with E-state index in [2.05, 4.69) is 13.8 Å². The van der Waals surface area contributed by atoms with Gasteiger partial charge in [-0.1, -0.05) is 26.7 Å². The van der Waals surface area contributed by atoms with Gasteiger partial charge in [0.05, 0.1) is 11.8 Å². The van der Waals surface area contributed by atoms with E-state index in [1.165, 1.54) is 64.2 Å². The van der Waals surface area contributed by atoms with Crippen molar-refractivity contribution in [3.05, 3.63) is 0 Å². The topological polar surface area (TPSA) is 52.6 Å². The molecule has 4 bridgehead atoms. The van der Waals surface area contributed by atoms with Crippen LogP contribution in [0.25, 0.3) is 0 Å². The maximum absolute atomic E-state index is 13.0. The van der Waals surface area contributed by atoms with Crippen LogP contribution in [0.5, 0.6) is 0 Å². The van der Waals surface area contributed by atoms with Gasteiger partial charge in [-0.05, 0) is 132 Å². The minimum atomic E-state index is -0.157. The third-order valence-electron chi connectivity index (χ3n) is 12.2. The van der Waals surface area contributed by atoms with E-state index in [1.807, 2.05) is 0 Å². The molecule has 35 heavy (non-hydrogen) atoms. The Morgan fingerprint density at radius 2 is 0.886 bits per heavy atom. The number of ether oxygens (including phenoxy) is 2. The second-order valence-electron chi connectivity index (χ2n) is 14.4. The lowest BCUT2D eigenvalue weighted by molar-refractivity contribution is -0.203. The molecule has 0 atom stereocenters. The van der Waals surface area contributed by atoms with Crippen LogP contribution in [0.1, 0.15) is 142 Å². The summed E-state index contributed by atoms with van der Waals surface area (Å²) in [4.78, 5) is 26.1. The summed E-state index contributed by atoms with van der Waals surface area (Å²) in [6.45, 7) is 4.59. The van der Waals surface area contributed by atoms with Gasteiger partial charge in [0.1, 0.15) is 11.2 Å². The molecule has 0 amide bonds. The van der Waals surface area contributed by atoms with Crippen molar-refractivity contribution in [3.8, 4) is 0 Å². The Hall–Kier alpha value is -1.06. The minimum absolute atomic E-state index is 0.0606. The quantitative estimate of drug-likeness (QED) is 0.332. The van der Waals surface area contributed by atoms with Gasteiger partial charge < -0.3 is 9.47 Å². The first kappa shape index (κ1) is 24.3. The first-order chi connectivity index (χ1) is 16.8. The van der Waals surface area contributed by atoms with Crippen molar-refractivity contribution in [3.63, 3.8) is 0 Å². The third-order valence-corrected chi connectivity index (χ3v) is 12.2. The van der Waals surface area contributed by atoms with Crippen LogP contribution in [-0.4, -0.2) is 23.1 Å². The average Bonchev–Trinajstić information content (AvgIpc) is 2.80. The Balaban J connectivity index is 0.944. The zero-order chi connectivity index (χ0) is 24.4. The molecule has 8 fully saturated rings. The van der Waals surface area contributed by atoms with E-state index in [1.54, 1.807) is 0 Å². The van der Waals surface area contributed by atoms with Gasteiger partial charge in [0.15, 0.2) is 0 Å². The number of esters is 2. The molecule has 0 unspecified atom stereocenters. The molecule has 0 aromatic carbocycles. The summed E-state index contributed by atoms with van der Waals surface area (Å²) in [5.74, 6) is 0.246. The summed E-state index contributed by atoms with van der Waals surface area (Å²) in [6, 6.07) is 0. The van der Waals surface area contributed by atoms with Crippen LogP contribution in [0.2, 0.25) is 0 Å². The monoisotopic (exact) mass is 484 g/mol. The number of hydrogen-bond donors (Lipinski definition) is 0. The van der Waals surface area contributed by atoms with Crippen LogP contribution < -0.4 is 0 Å². The van der Waals surface area contributed by atoms with Crippen molar-refractivity contribution in [1.29, 1.82) is 0 Å². The second-order valence-corrected chi connectivity index (χ2v) is 14.4. The Bertz CT molecular complexity index is 723. The molecule has 0 aliphatic heterocycles. The van der Waals surface area contributed by atoms with E-state index >= 15 is 0 Å². The van der Waals surface area contributed by atoms with Crippen LogP contribution in [0.4, 0.5) is 0 Å². The van der Waals surface area contributed by atoms with E-state index in [9.17, 15) is 9.59 Å². The molecule has 0 aromatic heterocycles. The Labute approximate surface area is 212 Å². The number of rotatable bonds is 8. The lowest BCUT2D eigenvalue weighted by Gasteiger charge is -2.58. The van der Waals surface area contributed by atoms with Gasteiger partial charge in [-0.2, -0.15) is 0 Å². The predicted octanol–water partition coefficient (Wildman–Crippen LogP) is 7.67. The summed E-state index contributed by atoms with van der Waals surface area (Å²) in [5.41, 5.74) is 0.997. The smallest absolute Gasteiger partial charge is 0.309 e. The number of fused-ring (bicyclic) bond motifs is 6. The maximum atomic E-state index is 13.0. The van der Waals surface area contributed by atoms with Crippen LogP contribution >= 0.6 is 0 Å². The zero-order valence-electron chi connectivity index (χ0n) is 22.4. The zero-order valence-corrected chi connectivity index (χ0v) is 22.4. The van der Waals surface area contributed by atoms with Crippen LogP contribution in [0.15, 0.2) is 0 Å². The third kappa shape index (κ3) is 4.17. The fourth-order valence-electron chi connectivity index (χ4n) is 9.81. The summed E-state index contributed by atoms with van der Waals surface area (Å²) in [6.07, 6.45) is 22.8. The van der Waals surface area contributed by atoms with Gasteiger partial charge in [0, 0.05) is 0 Å². The van der Waals surface area contributed by atoms with Gasteiger partial charge >= 0.3 is 11.9 Å². The van der Waals surface area contributed by atoms with E-state index < -0.39 is 0 Å². The van der Waals surface area contributed by atoms with Crippen molar-refractivity contribution in [2.75, 3.05) is 0 Å². The molecule has 0 N–H and O–H groups in total. The fourth-order valence-corrected chi connectivity index (χ4v) is 9.81. The molecular weight excluding hydrogens is 436 g/mol. The van der Waals surface area contributed by atoms with E-state index in [4.69, 9.17) is 9.47 Å². The highest BCUT2D eigenvalue weighted by molar-refractivity contribution is 5.77. The average molecular weight is 485 g/mol. The largest absolute Gasteiger partial charge is 0.459 e. The van der Waals surface area contributed by atoms with Crippen molar-refractivity contribution in [2.24, 2.45) is 28.1 Å². The highest BCUT2D eigenvalue weighted by atomic mass is 16.6. The molecule has 1 spiro atoms. The lowest BCUT2D eigenvalue weighted by Crippen LogP contribution is -2.56. The molecule has 0 heterocycles. The molecule has 8 saturated carbocycles. The molecule has 0 radical (unpaired) electrons. The molecular formula is C31H48O4. The van der Waals surface area contributed by atoms with E-state index in [0.717, 1.165) is 64.2 Å². The van der Waals surface area contributed by atoms with E-state index in [0.29, 0.717) is 10.8 Å². The molecule has 0 aromatic rings. The normalized spacial score (nSPS) is 47.7. The maximum Gasteiger partial charge on any atom is 0.309 e. The molecule has 8 aliphatic carbocycles. The highest BCUT2D eigenvalue weighted by Gasteiger charge is 2.60. The lowest BCUT2D eigenvalue weighted by atomic mass is 9.48. The molecule has 4 heteroatoms. The molecule has 4 nitrogen and oxygen atoms in total. The standard InChI is InChI=1S/C31H48O4/c1-3-5-27-7-13-30(14-8-27,15-9-27)34-25(32)23-19-29(20-23)21-24(22-29)26(33)35-31-16-10-28(6-4-2,11-17-31)12-18-31/h23-24H,3-22H2,1-2H3. The molecule has 8 aliphatic rings. The minimum Gasteiger partial charge on any atom is -0.459 e. The SMILES string of the molecule is CCCC12CCC(OC(=O)C3CC4(C3)CC(C(=O)OC35CCC(CCC)(CC3)CC5)C4)(CC1)CC2. The molecule has 0 saturated heterocycles. The summed E-state index contributed by atoms with van der Waals surface area (Å²) < 4.78 is 12.5. The highest BCUT2D eigenvalue weighted by Crippen LogP contribution is 2.63. The number of carbonyl (C=O) groups is 2. The fraction of sp³-hybridized carbons (Fsp3) is 0.935. The first-order valence-electron chi connectivity index (χ1n) is 15.2. The van der Waals surface area contributed by atoms with Crippen molar-refractivity contribution >= 4 is 11.9 Å². The van der Waals surface area contributed by atoms with Crippen molar-refractivity contribution in [1.82, 2.24) is 0 Å². The van der Waals surface area contributed by atoms with Gasteiger partial charge in [-0.3, -0.25) is 9.59 Å². The Kier molecular flexibility index (Phi) is 5.89. The Morgan fingerprint density at radius 3 is 1.17 bits per heavy atom. The predicted molar refractivity (Wildman–Crippen MR) is 136 cm³/mol. The van der Waals surface area contributed by atoms with Crippen LogP contribution in [-0.2, 0) is 19.1 Å². The molecule has 196 valence electrons. The summed E-state index contributed by atoms with van der Waals surface area (Å²) >= 11 is 0. The van der Waals surface area contributed by atoms with Crippen molar-refractivity contribution < 1.29 is 19.1 Å². The van der Waals surface area contributed by atoms with Crippen molar-refractivity contribution in [2.45, 2.75) is 153 Å². The van der Waals surface area contributed by atoms with Crippen LogP contribution in [0, 0.1) is 28.1 Å². The first-order valence-corrected chi connectivity index (χ1v) is 15.2. The van der Waals surface area contributed by atoms with Crippen LogP contribution in [0.3, 0.4) is 0 Å². The van der Waals surface area contributed by atoms with Gasteiger partial charge in [-0.15, -0.1) is 0 Å². The number of carbonyl (C=O) groups excluding carboxylic acids is 2. The number of hydrogen-bond acceptors (Lipinski definition) is 4. The van der Waals surface area contributed by atoms with Gasteiger partial charge in [0.2, 0.25) is 0 Å². The Morgan fingerprint density at radius 1 is 0.571 bits per heavy atom. The molecule has 8 rings (SSSR count). The second kappa shape index (κ2) is 8.48. The van der Waals surface area contributed by atoms with Gasteiger partial charge in [0.25, 0.3) is 0 Å².